The number of nitrogens with one attached hydrogen (secondary N) is 2. The smallest absolute Gasteiger partial charge is 0.325 e. The minimum absolute atomic E-state index is 0.165. The fraction of sp³-hybridized carbons (Fsp3) is 0.118. The molecule has 2 aromatic carbocycles. The molecule has 0 radical (unpaired) electrons. The molecule has 3 N–H and O–H groups in total. The van der Waals surface area contributed by atoms with E-state index in [0.29, 0.717) is 10.9 Å². The molecule has 1 atom stereocenters. The van der Waals surface area contributed by atoms with E-state index in [1.165, 1.54) is 11.8 Å². The lowest BCUT2D eigenvalue weighted by atomic mass is 10.0. The van der Waals surface area contributed by atoms with E-state index in [1.807, 2.05) is 30.5 Å². The normalized spacial score (nSPS) is 15.2. The Morgan fingerprint density at radius 3 is 2.88 bits per heavy atom. The lowest BCUT2D eigenvalue weighted by molar-refractivity contribution is -0.759. The maximum absolute atomic E-state index is 12.7. The van der Waals surface area contributed by atoms with Crippen LogP contribution in [-0.4, -0.2) is 21.4 Å². The van der Waals surface area contributed by atoms with E-state index in [2.05, 4.69) is 31.3 Å². The average molecular weight is 418 g/mol. The summed E-state index contributed by atoms with van der Waals surface area (Å²) in [6.45, 7) is 0. The largest absolute Gasteiger partial charge is 0.508 e. The number of benzene rings is 2. The number of anilines is 1. The van der Waals surface area contributed by atoms with Crippen LogP contribution in [0.3, 0.4) is 0 Å². The quantitative estimate of drug-likeness (QED) is 0.441. The van der Waals surface area contributed by atoms with Gasteiger partial charge in [0.2, 0.25) is 5.16 Å². The first-order valence-electron chi connectivity index (χ1n) is 7.52. The standard InChI is InChI=1S/C17H13BrN4O2S/c1-25-17-20-16(24)14-12-8-10(18)5-6-13(12)19-15(22(14)21-17)9-3-2-4-11(23)7-9/h2-8,15H,1H3,(H2,20,21,23,24)/p+1/t15-/m0/s1. The molecule has 6 nitrogen and oxygen atoms in total. The predicted octanol–water partition coefficient (Wildman–Crippen LogP) is 2.89. The first-order valence-corrected chi connectivity index (χ1v) is 9.54. The molecule has 126 valence electrons. The molecule has 3 aromatic rings. The van der Waals surface area contributed by atoms with E-state index < -0.39 is 6.17 Å². The zero-order valence-corrected chi connectivity index (χ0v) is 15.6. The van der Waals surface area contributed by atoms with Crippen molar-refractivity contribution < 1.29 is 9.79 Å². The second-order valence-corrected chi connectivity index (χ2v) is 7.30. The third-order valence-corrected chi connectivity index (χ3v) is 5.08. The average Bonchev–Trinajstić information content (AvgIpc) is 2.60. The van der Waals surface area contributed by atoms with Gasteiger partial charge in [-0.25, -0.2) is 0 Å². The Hall–Kier alpha value is -2.32. The molecule has 1 aliphatic rings. The Bertz CT molecular complexity index is 1040. The predicted molar refractivity (Wildman–Crippen MR) is 99.8 cm³/mol. The molecule has 1 aromatic heterocycles. The molecule has 0 bridgehead atoms. The highest BCUT2D eigenvalue weighted by Crippen LogP contribution is 2.34. The van der Waals surface area contributed by atoms with Crippen LogP contribution in [0, 0.1) is 0 Å². The van der Waals surface area contributed by atoms with E-state index in [1.54, 1.807) is 22.9 Å². The molecule has 1 aliphatic heterocycles. The molecule has 0 unspecified atom stereocenters. The highest BCUT2D eigenvalue weighted by Gasteiger charge is 2.37. The van der Waals surface area contributed by atoms with Crippen LogP contribution in [0.2, 0.25) is 0 Å². The van der Waals surface area contributed by atoms with Crippen molar-refractivity contribution in [2.45, 2.75) is 11.3 Å². The van der Waals surface area contributed by atoms with Gasteiger partial charge in [-0.2, -0.15) is 0 Å². The van der Waals surface area contributed by atoms with Crippen LogP contribution in [0.5, 0.6) is 5.75 Å². The Labute approximate surface area is 156 Å². The number of aromatic amines is 1. The highest BCUT2D eigenvalue weighted by molar-refractivity contribution is 9.10. The SMILES string of the molecule is CSc1n[n+]2c(c(=O)[nH]1)-c1cc(Br)ccc1N[C@@H]2c1cccc(O)c1. The van der Waals surface area contributed by atoms with Gasteiger partial charge in [-0.15, -0.1) is 0 Å². The fourth-order valence-electron chi connectivity index (χ4n) is 2.92. The number of thioether (sulfide) groups is 1. The van der Waals surface area contributed by atoms with E-state index in [9.17, 15) is 9.90 Å². The van der Waals surface area contributed by atoms with Crippen LogP contribution in [0.15, 0.2) is 56.9 Å². The van der Waals surface area contributed by atoms with Gasteiger partial charge in [-0.3, -0.25) is 9.78 Å². The number of hydrogen-bond donors (Lipinski definition) is 3. The number of H-pyrrole nitrogens is 1. The summed E-state index contributed by atoms with van der Waals surface area (Å²) in [6.07, 6.45) is 1.46. The molecular weight excluding hydrogens is 404 g/mol. The van der Waals surface area contributed by atoms with Gasteiger partial charge in [-0.1, -0.05) is 33.8 Å². The summed E-state index contributed by atoms with van der Waals surface area (Å²) in [6, 6.07) is 12.7. The first-order chi connectivity index (χ1) is 12.1. The van der Waals surface area contributed by atoms with Crippen molar-refractivity contribution in [3.05, 3.63) is 62.9 Å². The summed E-state index contributed by atoms with van der Waals surface area (Å²) in [4.78, 5) is 15.6. The number of phenols is 1. The van der Waals surface area contributed by atoms with Gasteiger partial charge in [0.25, 0.3) is 6.17 Å². The summed E-state index contributed by atoms with van der Waals surface area (Å²) in [7, 11) is 0. The molecule has 0 amide bonds. The zero-order chi connectivity index (χ0) is 17.6. The van der Waals surface area contributed by atoms with Gasteiger partial charge < -0.3 is 10.4 Å². The summed E-state index contributed by atoms with van der Waals surface area (Å²) in [5, 5.41) is 18.4. The van der Waals surface area contributed by atoms with Crippen molar-refractivity contribution in [3.8, 4) is 17.0 Å². The topological polar surface area (TPSA) is 81.9 Å². The van der Waals surface area contributed by atoms with E-state index in [-0.39, 0.29) is 11.3 Å². The molecule has 25 heavy (non-hydrogen) atoms. The molecular formula is C17H14BrN4O2S+. The number of halogens is 1. The van der Waals surface area contributed by atoms with Gasteiger partial charge in [0.1, 0.15) is 5.75 Å². The third-order valence-electron chi connectivity index (χ3n) is 4.02. The Morgan fingerprint density at radius 2 is 2.12 bits per heavy atom. The number of fused-ring (bicyclic) bond motifs is 3. The number of aromatic nitrogens is 3. The van der Waals surface area contributed by atoms with Crippen molar-refractivity contribution in [3.63, 3.8) is 0 Å². The molecule has 8 heteroatoms. The van der Waals surface area contributed by atoms with Gasteiger partial charge in [0, 0.05) is 15.1 Å². The van der Waals surface area contributed by atoms with Crippen LogP contribution in [0.1, 0.15) is 11.7 Å². The third kappa shape index (κ3) is 2.81. The van der Waals surface area contributed by atoms with Crippen LogP contribution < -0.4 is 15.6 Å². The van der Waals surface area contributed by atoms with Crippen molar-refractivity contribution in [2.24, 2.45) is 0 Å². The van der Waals surface area contributed by atoms with E-state index >= 15 is 0 Å². The van der Waals surface area contributed by atoms with Crippen molar-refractivity contribution in [1.29, 1.82) is 0 Å². The molecule has 0 saturated heterocycles. The molecule has 0 spiro atoms. The zero-order valence-electron chi connectivity index (χ0n) is 13.2. The number of hydrogen-bond acceptors (Lipinski definition) is 5. The van der Waals surface area contributed by atoms with Crippen LogP contribution in [0.4, 0.5) is 5.69 Å². The summed E-state index contributed by atoms with van der Waals surface area (Å²) in [5.74, 6) is 0.165. The Kier molecular flexibility index (Phi) is 4.01. The summed E-state index contributed by atoms with van der Waals surface area (Å²) in [5.41, 5.74) is 2.68. The van der Waals surface area contributed by atoms with Crippen LogP contribution in [-0.2, 0) is 0 Å². The van der Waals surface area contributed by atoms with Crippen LogP contribution >= 0.6 is 27.7 Å². The van der Waals surface area contributed by atoms with Crippen molar-refractivity contribution >= 4 is 33.4 Å². The molecule has 0 saturated carbocycles. The van der Waals surface area contributed by atoms with E-state index in [0.717, 1.165) is 21.3 Å². The number of nitrogens with zero attached hydrogens (tertiary/aromatic N) is 2. The molecule has 2 heterocycles. The Balaban J connectivity index is 2.01. The number of rotatable bonds is 2. The maximum atomic E-state index is 12.7. The van der Waals surface area contributed by atoms with Gasteiger partial charge in [0.15, 0.2) is 0 Å². The van der Waals surface area contributed by atoms with Gasteiger partial charge in [-0.05, 0) is 47.3 Å². The molecule has 0 aliphatic carbocycles. The van der Waals surface area contributed by atoms with Crippen molar-refractivity contribution in [2.75, 3.05) is 11.6 Å². The molecule has 4 rings (SSSR count). The number of aromatic hydroxyl groups is 1. The first kappa shape index (κ1) is 16.2. The lowest BCUT2D eigenvalue weighted by Crippen LogP contribution is -2.55. The lowest BCUT2D eigenvalue weighted by Gasteiger charge is -2.22. The fourth-order valence-corrected chi connectivity index (χ4v) is 3.65. The summed E-state index contributed by atoms with van der Waals surface area (Å²) < 4.78 is 2.55. The minimum Gasteiger partial charge on any atom is -0.508 e. The van der Waals surface area contributed by atoms with E-state index in [4.69, 9.17) is 0 Å². The van der Waals surface area contributed by atoms with Crippen molar-refractivity contribution in [1.82, 2.24) is 10.1 Å². The van der Waals surface area contributed by atoms with Gasteiger partial charge >= 0.3 is 11.3 Å². The maximum Gasteiger partial charge on any atom is 0.325 e. The Morgan fingerprint density at radius 1 is 1.28 bits per heavy atom. The summed E-state index contributed by atoms with van der Waals surface area (Å²) >= 11 is 4.82. The van der Waals surface area contributed by atoms with Gasteiger partial charge in [0.05, 0.1) is 11.3 Å². The van der Waals surface area contributed by atoms with Crippen LogP contribution in [0.25, 0.3) is 11.3 Å². The monoisotopic (exact) mass is 417 g/mol. The molecule has 0 fully saturated rings. The minimum atomic E-state index is -0.399. The second kappa shape index (κ2) is 6.20. The number of phenolic OH excluding ortho intramolecular Hbond substituents is 1. The second-order valence-electron chi connectivity index (χ2n) is 5.59. The highest BCUT2D eigenvalue weighted by atomic mass is 79.9.